The number of nitrogens with zero attached hydrogens (tertiary/aromatic N) is 2. The van der Waals surface area contributed by atoms with Crippen molar-refractivity contribution in [1.29, 1.82) is 0 Å². The van der Waals surface area contributed by atoms with Crippen LogP contribution in [0.15, 0.2) is 30.3 Å². The van der Waals surface area contributed by atoms with Crippen LogP contribution < -0.4 is 10.2 Å². The summed E-state index contributed by atoms with van der Waals surface area (Å²) in [6.45, 7) is 3.06. The molecule has 4 rings (SSSR count). The van der Waals surface area contributed by atoms with Crippen LogP contribution in [0, 0.1) is 5.41 Å². The van der Waals surface area contributed by atoms with Crippen LogP contribution >= 0.6 is 0 Å². The lowest BCUT2D eigenvalue weighted by Crippen LogP contribution is -2.54. The lowest BCUT2D eigenvalue weighted by Gasteiger charge is -2.37. The molecule has 0 atom stereocenters. The molecule has 0 bridgehead atoms. The molecule has 1 aliphatic heterocycles. The fraction of sp³-hybridized carbons (Fsp3) is 0.619. The van der Waals surface area contributed by atoms with Gasteiger partial charge in [0, 0.05) is 37.9 Å². The molecule has 5 heteroatoms. The van der Waals surface area contributed by atoms with Crippen molar-refractivity contribution in [2.45, 2.75) is 51.0 Å². The number of hydrogen-bond donors (Lipinski definition) is 1. The summed E-state index contributed by atoms with van der Waals surface area (Å²) in [6.07, 6.45) is 7.19. The summed E-state index contributed by atoms with van der Waals surface area (Å²) in [5.41, 5.74) is 0.447. The van der Waals surface area contributed by atoms with Crippen LogP contribution in [0.2, 0.25) is 0 Å². The van der Waals surface area contributed by atoms with Crippen molar-refractivity contribution in [2.75, 3.05) is 31.1 Å². The fourth-order valence-electron chi connectivity index (χ4n) is 4.34. The molecular formula is C21H29N3O2. The third-order valence-corrected chi connectivity index (χ3v) is 6.22. The van der Waals surface area contributed by atoms with E-state index in [0.717, 1.165) is 25.9 Å². The molecule has 2 aliphatic carbocycles. The fourth-order valence-corrected chi connectivity index (χ4v) is 4.34. The summed E-state index contributed by atoms with van der Waals surface area (Å²) in [6, 6.07) is 10.6. The van der Waals surface area contributed by atoms with Crippen LogP contribution in [0.3, 0.4) is 0 Å². The standard InChI is InChI=1S/C21H29N3O2/c25-19(22-17-7-3-1-4-8-17)21(11-12-21)20(26)24-15-13-23(14-16-24)18-9-5-2-6-10-18/h2,5-6,9-10,17H,1,3-4,7-8,11-16H2,(H,22,25). The number of carbonyl (C=O) groups is 2. The van der Waals surface area contributed by atoms with Crippen molar-refractivity contribution >= 4 is 17.5 Å². The van der Waals surface area contributed by atoms with Crippen molar-refractivity contribution in [3.05, 3.63) is 30.3 Å². The second-order valence-corrected chi connectivity index (χ2v) is 8.01. The van der Waals surface area contributed by atoms with E-state index in [2.05, 4.69) is 22.3 Å². The first-order valence-corrected chi connectivity index (χ1v) is 10.1. The Kier molecular flexibility index (Phi) is 4.88. The Morgan fingerprint density at radius 1 is 0.923 bits per heavy atom. The lowest BCUT2D eigenvalue weighted by atomic mass is 9.94. The Morgan fingerprint density at radius 3 is 2.19 bits per heavy atom. The second kappa shape index (κ2) is 7.29. The lowest BCUT2D eigenvalue weighted by molar-refractivity contribution is -0.144. The number of amides is 2. The highest BCUT2D eigenvalue weighted by molar-refractivity contribution is 6.08. The molecule has 26 heavy (non-hydrogen) atoms. The van der Waals surface area contributed by atoms with Crippen molar-refractivity contribution in [2.24, 2.45) is 5.41 Å². The van der Waals surface area contributed by atoms with Crippen LogP contribution in [0.5, 0.6) is 0 Å². The van der Waals surface area contributed by atoms with Crippen LogP contribution in [0.25, 0.3) is 0 Å². The third-order valence-electron chi connectivity index (χ3n) is 6.22. The van der Waals surface area contributed by atoms with E-state index in [1.165, 1.54) is 24.9 Å². The molecule has 3 aliphatic rings. The molecule has 1 saturated heterocycles. The predicted molar refractivity (Wildman–Crippen MR) is 102 cm³/mol. The van der Waals surface area contributed by atoms with E-state index in [-0.39, 0.29) is 17.9 Å². The van der Waals surface area contributed by atoms with E-state index in [9.17, 15) is 9.59 Å². The summed E-state index contributed by atoms with van der Waals surface area (Å²) in [5, 5.41) is 3.18. The Hall–Kier alpha value is -2.04. The van der Waals surface area contributed by atoms with Crippen LogP contribution in [-0.2, 0) is 9.59 Å². The van der Waals surface area contributed by atoms with Gasteiger partial charge in [-0.05, 0) is 37.8 Å². The van der Waals surface area contributed by atoms with Crippen LogP contribution in [-0.4, -0.2) is 48.9 Å². The van der Waals surface area contributed by atoms with Crippen molar-refractivity contribution in [3.8, 4) is 0 Å². The number of benzene rings is 1. The Balaban J connectivity index is 1.33. The minimum Gasteiger partial charge on any atom is -0.368 e. The molecule has 1 aromatic carbocycles. The largest absolute Gasteiger partial charge is 0.368 e. The third kappa shape index (κ3) is 3.44. The van der Waals surface area contributed by atoms with Gasteiger partial charge in [0.1, 0.15) is 5.41 Å². The molecule has 1 heterocycles. The maximum Gasteiger partial charge on any atom is 0.238 e. The summed E-state index contributed by atoms with van der Waals surface area (Å²) in [7, 11) is 0. The van der Waals surface area contributed by atoms with E-state index in [0.29, 0.717) is 25.9 Å². The number of para-hydroxylation sites is 1. The summed E-state index contributed by atoms with van der Waals surface area (Å²) >= 11 is 0. The van der Waals surface area contributed by atoms with Gasteiger partial charge in [-0.1, -0.05) is 37.5 Å². The molecule has 2 amide bonds. The van der Waals surface area contributed by atoms with Gasteiger partial charge in [-0.15, -0.1) is 0 Å². The van der Waals surface area contributed by atoms with Crippen molar-refractivity contribution in [1.82, 2.24) is 10.2 Å². The molecule has 0 spiro atoms. The van der Waals surface area contributed by atoms with Crippen molar-refractivity contribution in [3.63, 3.8) is 0 Å². The van der Waals surface area contributed by atoms with E-state index >= 15 is 0 Å². The Morgan fingerprint density at radius 2 is 1.58 bits per heavy atom. The predicted octanol–water partition coefficient (Wildman–Crippen LogP) is 2.56. The van der Waals surface area contributed by atoms with E-state index < -0.39 is 5.41 Å². The number of anilines is 1. The zero-order chi connectivity index (χ0) is 18.0. The SMILES string of the molecule is O=C(NC1CCCCC1)C1(C(=O)N2CCN(c3ccccc3)CC2)CC1. The topological polar surface area (TPSA) is 52.7 Å². The second-order valence-electron chi connectivity index (χ2n) is 8.01. The van der Waals surface area contributed by atoms with Gasteiger partial charge in [0.05, 0.1) is 0 Å². The first-order valence-electron chi connectivity index (χ1n) is 10.1. The average Bonchev–Trinajstić information content (AvgIpc) is 3.51. The summed E-state index contributed by atoms with van der Waals surface area (Å²) in [4.78, 5) is 30.1. The van der Waals surface area contributed by atoms with Gasteiger partial charge in [-0.2, -0.15) is 0 Å². The van der Waals surface area contributed by atoms with Gasteiger partial charge in [-0.25, -0.2) is 0 Å². The molecule has 140 valence electrons. The monoisotopic (exact) mass is 355 g/mol. The number of nitrogens with one attached hydrogen (secondary N) is 1. The highest BCUT2D eigenvalue weighted by Gasteiger charge is 2.58. The molecule has 2 saturated carbocycles. The molecule has 5 nitrogen and oxygen atoms in total. The summed E-state index contributed by atoms with van der Waals surface area (Å²) in [5.74, 6) is 0.0402. The average molecular weight is 355 g/mol. The first-order chi connectivity index (χ1) is 12.7. The van der Waals surface area contributed by atoms with Gasteiger partial charge >= 0.3 is 0 Å². The van der Waals surface area contributed by atoms with Gasteiger partial charge in [0.25, 0.3) is 0 Å². The van der Waals surface area contributed by atoms with Crippen LogP contribution in [0.4, 0.5) is 5.69 Å². The number of piperazine rings is 1. The van der Waals surface area contributed by atoms with Gasteiger partial charge in [0.2, 0.25) is 11.8 Å². The Labute approximate surface area is 155 Å². The summed E-state index contributed by atoms with van der Waals surface area (Å²) < 4.78 is 0. The quantitative estimate of drug-likeness (QED) is 0.845. The zero-order valence-corrected chi connectivity index (χ0v) is 15.5. The maximum absolute atomic E-state index is 13.1. The molecule has 1 N–H and O–H groups in total. The zero-order valence-electron chi connectivity index (χ0n) is 15.5. The molecule has 0 unspecified atom stereocenters. The van der Waals surface area contributed by atoms with E-state index in [1.54, 1.807) is 0 Å². The normalized spacial score (nSPS) is 22.8. The van der Waals surface area contributed by atoms with Crippen LogP contribution in [0.1, 0.15) is 44.9 Å². The molecule has 0 aromatic heterocycles. The van der Waals surface area contributed by atoms with Crippen molar-refractivity contribution < 1.29 is 9.59 Å². The number of rotatable bonds is 4. The van der Waals surface area contributed by atoms with E-state index in [1.807, 2.05) is 23.1 Å². The van der Waals surface area contributed by atoms with Gasteiger partial charge in [-0.3, -0.25) is 9.59 Å². The van der Waals surface area contributed by atoms with E-state index in [4.69, 9.17) is 0 Å². The first kappa shape index (κ1) is 17.4. The smallest absolute Gasteiger partial charge is 0.238 e. The highest BCUT2D eigenvalue weighted by Crippen LogP contribution is 2.48. The maximum atomic E-state index is 13.1. The Bertz CT molecular complexity index is 642. The molecule has 0 radical (unpaired) electrons. The molecule has 3 fully saturated rings. The highest BCUT2D eigenvalue weighted by atomic mass is 16.2. The van der Waals surface area contributed by atoms with Gasteiger partial charge < -0.3 is 15.1 Å². The molecule has 1 aromatic rings. The minimum atomic E-state index is -0.758. The number of carbonyl (C=O) groups excluding carboxylic acids is 2. The minimum absolute atomic E-state index is 0.0140. The molecular weight excluding hydrogens is 326 g/mol. The number of hydrogen-bond acceptors (Lipinski definition) is 3. The van der Waals surface area contributed by atoms with Gasteiger partial charge in [0.15, 0.2) is 0 Å².